The van der Waals surface area contributed by atoms with Gasteiger partial charge in [0.15, 0.2) is 11.1 Å². The average molecular weight is 333 g/mol. The Morgan fingerprint density at radius 1 is 1.26 bits per heavy atom. The van der Waals surface area contributed by atoms with Crippen LogP contribution in [0.4, 0.5) is 5.13 Å². The molecule has 0 atom stereocenters. The van der Waals surface area contributed by atoms with Crippen molar-refractivity contribution in [1.29, 1.82) is 0 Å². The summed E-state index contributed by atoms with van der Waals surface area (Å²) in [6.45, 7) is 1.28. The van der Waals surface area contributed by atoms with Gasteiger partial charge < -0.3 is 20.3 Å². The topological polar surface area (TPSA) is 61.8 Å². The molecule has 2 aromatic rings. The van der Waals surface area contributed by atoms with Crippen LogP contribution in [0.15, 0.2) is 34.6 Å². The van der Waals surface area contributed by atoms with E-state index in [1.807, 2.05) is 43.3 Å². The second-order valence-electron chi connectivity index (χ2n) is 5.11. The number of hydrogen-bond donors (Lipinski definition) is 2. The first kappa shape index (κ1) is 17.1. The molecule has 2 rings (SSSR count). The fraction of sp³-hybridized carbons (Fsp3) is 0.375. The standard InChI is InChI=1S/C16H23N5OS/c1-17-15(18-9-12-7-5-6-8-14(12)22-4)19-10-13-11-23-16(20-13)21(2)3/h5-8,11H,9-10H2,1-4H3,(H2,17,18,19). The van der Waals surface area contributed by atoms with Gasteiger partial charge in [-0.05, 0) is 6.07 Å². The summed E-state index contributed by atoms with van der Waals surface area (Å²) in [6, 6.07) is 7.93. The van der Waals surface area contributed by atoms with Crippen molar-refractivity contribution in [2.45, 2.75) is 13.1 Å². The highest BCUT2D eigenvalue weighted by Crippen LogP contribution is 2.18. The molecule has 0 saturated carbocycles. The third kappa shape index (κ3) is 4.85. The third-order valence-electron chi connectivity index (χ3n) is 3.22. The minimum absolute atomic E-state index is 0.635. The van der Waals surface area contributed by atoms with Gasteiger partial charge in [0.2, 0.25) is 0 Å². The van der Waals surface area contributed by atoms with Crippen LogP contribution in [0.1, 0.15) is 11.3 Å². The highest BCUT2D eigenvalue weighted by Gasteiger charge is 2.06. The SMILES string of the molecule is CN=C(NCc1csc(N(C)C)n1)NCc1ccccc1OC. The molecule has 124 valence electrons. The number of anilines is 1. The minimum Gasteiger partial charge on any atom is -0.496 e. The van der Waals surface area contributed by atoms with Gasteiger partial charge in [0, 0.05) is 38.6 Å². The molecule has 0 bridgehead atoms. The van der Waals surface area contributed by atoms with E-state index >= 15 is 0 Å². The van der Waals surface area contributed by atoms with Crippen molar-refractivity contribution in [1.82, 2.24) is 15.6 Å². The van der Waals surface area contributed by atoms with E-state index in [9.17, 15) is 0 Å². The number of benzene rings is 1. The summed E-state index contributed by atoms with van der Waals surface area (Å²) in [6.07, 6.45) is 0. The monoisotopic (exact) mass is 333 g/mol. The lowest BCUT2D eigenvalue weighted by molar-refractivity contribution is 0.409. The lowest BCUT2D eigenvalue weighted by Crippen LogP contribution is -2.36. The van der Waals surface area contributed by atoms with Crippen molar-refractivity contribution in [3.05, 3.63) is 40.9 Å². The maximum Gasteiger partial charge on any atom is 0.191 e. The number of methoxy groups -OCH3 is 1. The third-order valence-corrected chi connectivity index (χ3v) is 4.28. The van der Waals surface area contributed by atoms with Gasteiger partial charge >= 0.3 is 0 Å². The lowest BCUT2D eigenvalue weighted by Gasteiger charge is -2.13. The summed E-state index contributed by atoms with van der Waals surface area (Å²) in [5.41, 5.74) is 2.08. The van der Waals surface area contributed by atoms with E-state index < -0.39 is 0 Å². The molecule has 0 aliphatic carbocycles. The van der Waals surface area contributed by atoms with Crippen LogP contribution in [-0.2, 0) is 13.1 Å². The molecular weight excluding hydrogens is 310 g/mol. The molecule has 6 nitrogen and oxygen atoms in total. The van der Waals surface area contributed by atoms with Crippen LogP contribution in [0, 0.1) is 0 Å². The molecule has 0 aliphatic heterocycles. The summed E-state index contributed by atoms with van der Waals surface area (Å²) in [5, 5.41) is 9.60. The number of aliphatic imine (C=N–C) groups is 1. The number of para-hydroxylation sites is 1. The van der Waals surface area contributed by atoms with E-state index in [-0.39, 0.29) is 0 Å². The number of aromatic nitrogens is 1. The maximum atomic E-state index is 5.35. The van der Waals surface area contributed by atoms with Crippen molar-refractivity contribution < 1.29 is 4.74 Å². The Morgan fingerprint density at radius 2 is 2.00 bits per heavy atom. The summed E-state index contributed by atoms with van der Waals surface area (Å²) >= 11 is 1.63. The van der Waals surface area contributed by atoms with Crippen LogP contribution in [0.25, 0.3) is 0 Å². The predicted octanol–water partition coefficient (Wildman–Crippen LogP) is 2.08. The van der Waals surface area contributed by atoms with Gasteiger partial charge in [0.1, 0.15) is 5.75 Å². The Bertz CT molecular complexity index is 653. The van der Waals surface area contributed by atoms with E-state index in [2.05, 4.69) is 26.0 Å². The van der Waals surface area contributed by atoms with Gasteiger partial charge in [0.05, 0.1) is 19.3 Å². The van der Waals surface area contributed by atoms with Crippen LogP contribution in [-0.4, -0.2) is 39.2 Å². The van der Waals surface area contributed by atoms with Gasteiger partial charge in [-0.2, -0.15) is 0 Å². The molecule has 0 aliphatic rings. The van der Waals surface area contributed by atoms with E-state index in [4.69, 9.17) is 4.74 Å². The highest BCUT2D eigenvalue weighted by atomic mass is 32.1. The van der Waals surface area contributed by atoms with Crippen molar-refractivity contribution in [2.75, 3.05) is 33.2 Å². The lowest BCUT2D eigenvalue weighted by atomic mass is 10.2. The number of thiazole rings is 1. The smallest absolute Gasteiger partial charge is 0.191 e. The molecular formula is C16H23N5OS. The van der Waals surface area contributed by atoms with Gasteiger partial charge in [-0.1, -0.05) is 18.2 Å². The number of nitrogens with zero attached hydrogens (tertiary/aromatic N) is 3. The molecule has 0 saturated heterocycles. The predicted molar refractivity (Wildman–Crippen MR) is 96.5 cm³/mol. The molecule has 0 amide bonds. The fourth-order valence-corrected chi connectivity index (χ4v) is 2.76. The molecule has 1 aromatic carbocycles. The molecule has 0 radical (unpaired) electrons. The number of hydrogen-bond acceptors (Lipinski definition) is 5. The van der Waals surface area contributed by atoms with Crippen LogP contribution in [0.5, 0.6) is 5.75 Å². The quantitative estimate of drug-likeness (QED) is 0.626. The molecule has 2 N–H and O–H groups in total. The normalized spacial score (nSPS) is 11.2. The van der Waals surface area contributed by atoms with Crippen LogP contribution >= 0.6 is 11.3 Å². The maximum absolute atomic E-state index is 5.35. The summed E-state index contributed by atoms with van der Waals surface area (Å²) in [4.78, 5) is 10.8. The van der Waals surface area contributed by atoms with Crippen molar-refractivity contribution in [3.63, 3.8) is 0 Å². The highest BCUT2D eigenvalue weighted by molar-refractivity contribution is 7.13. The van der Waals surface area contributed by atoms with Gasteiger partial charge in [-0.3, -0.25) is 4.99 Å². The zero-order valence-corrected chi connectivity index (χ0v) is 14.8. The molecule has 0 unspecified atom stereocenters. The van der Waals surface area contributed by atoms with Gasteiger partial charge in [0.25, 0.3) is 0 Å². The zero-order chi connectivity index (χ0) is 16.7. The minimum atomic E-state index is 0.635. The summed E-state index contributed by atoms with van der Waals surface area (Å²) in [7, 11) is 7.41. The Morgan fingerprint density at radius 3 is 2.65 bits per heavy atom. The zero-order valence-electron chi connectivity index (χ0n) is 14.0. The van der Waals surface area contributed by atoms with Crippen LogP contribution in [0.2, 0.25) is 0 Å². The van der Waals surface area contributed by atoms with Gasteiger partial charge in [-0.25, -0.2) is 4.98 Å². The number of guanidine groups is 1. The Hall–Kier alpha value is -2.28. The van der Waals surface area contributed by atoms with Crippen molar-refractivity contribution in [3.8, 4) is 5.75 Å². The molecule has 0 spiro atoms. The second-order valence-corrected chi connectivity index (χ2v) is 5.94. The van der Waals surface area contributed by atoms with E-state index in [1.54, 1.807) is 25.5 Å². The van der Waals surface area contributed by atoms with Crippen molar-refractivity contribution >= 4 is 22.4 Å². The van der Waals surface area contributed by atoms with Crippen molar-refractivity contribution in [2.24, 2.45) is 4.99 Å². The second kappa shape index (κ2) is 8.38. The molecule has 0 fully saturated rings. The Kier molecular flexibility index (Phi) is 6.22. The molecule has 23 heavy (non-hydrogen) atoms. The first-order valence-corrected chi connectivity index (χ1v) is 8.20. The average Bonchev–Trinajstić information content (AvgIpc) is 3.04. The fourth-order valence-electron chi connectivity index (χ4n) is 2.01. The molecule has 1 heterocycles. The van der Waals surface area contributed by atoms with E-state index in [1.165, 1.54) is 0 Å². The molecule has 7 heteroatoms. The molecule has 1 aromatic heterocycles. The van der Waals surface area contributed by atoms with Crippen LogP contribution in [0.3, 0.4) is 0 Å². The van der Waals surface area contributed by atoms with E-state index in [0.29, 0.717) is 13.1 Å². The summed E-state index contributed by atoms with van der Waals surface area (Å²) in [5.74, 6) is 1.60. The Balaban J connectivity index is 1.88. The van der Waals surface area contributed by atoms with Crippen LogP contribution < -0.4 is 20.3 Å². The van der Waals surface area contributed by atoms with Gasteiger partial charge in [-0.15, -0.1) is 11.3 Å². The summed E-state index contributed by atoms with van der Waals surface area (Å²) < 4.78 is 5.35. The largest absolute Gasteiger partial charge is 0.496 e. The van der Waals surface area contributed by atoms with E-state index in [0.717, 1.165) is 28.1 Å². The number of rotatable bonds is 6. The number of ether oxygens (including phenoxy) is 1. The first-order chi connectivity index (χ1) is 11.1. The number of nitrogens with one attached hydrogen (secondary N) is 2. The first-order valence-electron chi connectivity index (χ1n) is 7.32. The Labute approximate surface area is 141 Å².